The number of Topliss-reactive ketones (excluding diaryl/α,β-unsaturated/α-hetero) is 1. The molecule has 1 amide bonds. The van der Waals surface area contributed by atoms with Crippen molar-refractivity contribution in [3.63, 3.8) is 0 Å². The van der Waals surface area contributed by atoms with Gasteiger partial charge in [-0.1, -0.05) is 20.4 Å². The predicted octanol–water partition coefficient (Wildman–Crippen LogP) is 1.68. The molecule has 0 aromatic heterocycles. The molecule has 0 saturated carbocycles. The molecule has 80 valence electrons. The molecule has 0 heterocycles. The minimum Gasteiger partial charge on any atom is -0.353 e. The largest absolute Gasteiger partial charge is 0.353 e. The highest BCUT2D eigenvalue weighted by molar-refractivity contribution is 5.86. The van der Waals surface area contributed by atoms with Crippen molar-refractivity contribution >= 4 is 11.7 Å². The Balaban J connectivity index is 3.50. The van der Waals surface area contributed by atoms with Gasteiger partial charge in [0.1, 0.15) is 5.78 Å². The summed E-state index contributed by atoms with van der Waals surface area (Å²) in [4.78, 5) is 22.1. The maximum Gasteiger partial charge on any atom is 0.243 e. The fourth-order valence-electron chi connectivity index (χ4n) is 1.02. The molecule has 0 fully saturated rings. The molecule has 1 N–H and O–H groups in total. The first-order valence-corrected chi connectivity index (χ1v) is 5.04. The van der Waals surface area contributed by atoms with Crippen LogP contribution in [0.4, 0.5) is 0 Å². The third-order valence-corrected chi connectivity index (χ3v) is 2.25. The standard InChI is InChI=1S/C11H19NO2/c1-4-9(3)10(13)7-6-8-12-11(14)5-2/h5,9H,2,4,6-8H2,1,3H3,(H,12,14). The summed E-state index contributed by atoms with van der Waals surface area (Å²) >= 11 is 0. The molecule has 0 radical (unpaired) electrons. The van der Waals surface area contributed by atoms with Crippen LogP contribution in [0, 0.1) is 5.92 Å². The van der Waals surface area contributed by atoms with Crippen molar-refractivity contribution in [3.05, 3.63) is 12.7 Å². The SMILES string of the molecule is C=CC(=O)NCCCC(=O)C(C)CC. The minimum absolute atomic E-state index is 0.144. The first kappa shape index (κ1) is 12.9. The van der Waals surface area contributed by atoms with E-state index in [4.69, 9.17) is 0 Å². The Morgan fingerprint density at radius 3 is 2.64 bits per heavy atom. The Morgan fingerprint density at radius 1 is 1.50 bits per heavy atom. The molecule has 3 nitrogen and oxygen atoms in total. The molecule has 0 saturated heterocycles. The van der Waals surface area contributed by atoms with Crippen LogP contribution in [0.3, 0.4) is 0 Å². The first-order chi connectivity index (χ1) is 6.61. The molecule has 0 aliphatic rings. The molecule has 1 unspecified atom stereocenters. The zero-order valence-electron chi connectivity index (χ0n) is 9.01. The predicted molar refractivity (Wildman–Crippen MR) is 56.9 cm³/mol. The van der Waals surface area contributed by atoms with Crippen molar-refractivity contribution < 1.29 is 9.59 Å². The quantitative estimate of drug-likeness (QED) is 0.498. The van der Waals surface area contributed by atoms with E-state index in [1.54, 1.807) is 0 Å². The summed E-state index contributed by atoms with van der Waals surface area (Å²) in [5.74, 6) is 0.242. The Labute approximate surface area is 85.6 Å². The van der Waals surface area contributed by atoms with Gasteiger partial charge in [-0.2, -0.15) is 0 Å². The lowest BCUT2D eigenvalue weighted by molar-refractivity contribution is -0.123. The second-order valence-corrected chi connectivity index (χ2v) is 3.37. The summed E-state index contributed by atoms with van der Waals surface area (Å²) in [7, 11) is 0. The van der Waals surface area contributed by atoms with Gasteiger partial charge in [0.25, 0.3) is 0 Å². The molecule has 0 spiro atoms. The van der Waals surface area contributed by atoms with Crippen LogP contribution in [-0.4, -0.2) is 18.2 Å². The molecule has 0 bridgehead atoms. The number of amides is 1. The van der Waals surface area contributed by atoms with Crippen LogP contribution >= 0.6 is 0 Å². The number of hydrogen-bond donors (Lipinski definition) is 1. The molecule has 1 atom stereocenters. The van der Waals surface area contributed by atoms with Gasteiger partial charge >= 0.3 is 0 Å². The monoisotopic (exact) mass is 197 g/mol. The highest BCUT2D eigenvalue weighted by Gasteiger charge is 2.09. The summed E-state index contributed by atoms with van der Waals surface area (Å²) in [6, 6.07) is 0. The van der Waals surface area contributed by atoms with Crippen LogP contribution < -0.4 is 5.32 Å². The molecular weight excluding hydrogens is 178 g/mol. The molecule has 0 aliphatic carbocycles. The minimum atomic E-state index is -0.180. The highest BCUT2D eigenvalue weighted by atomic mass is 16.1. The fourth-order valence-corrected chi connectivity index (χ4v) is 1.02. The van der Waals surface area contributed by atoms with E-state index in [0.29, 0.717) is 19.4 Å². The molecule has 0 aliphatic heterocycles. The maximum absolute atomic E-state index is 11.4. The number of hydrogen-bond acceptors (Lipinski definition) is 2. The molecule has 14 heavy (non-hydrogen) atoms. The van der Waals surface area contributed by atoms with Gasteiger partial charge in [0.2, 0.25) is 5.91 Å². The first-order valence-electron chi connectivity index (χ1n) is 5.04. The van der Waals surface area contributed by atoms with Gasteiger partial charge in [-0.15, -0.1) is 0 Å². The summed E-state index contributed by atoms with van der Waals surface area (Å²) in [5.41, 5.74) is 0. The van der Waals surface area contributed by atoms with Crippen molar-refractivity contribution in [2.45, 2.75) is 33.1 Å². The summed E-state index contributed by atoms with van der Waals surface area (Å²) in [6.07, 6.45) is 3.38. The van der Waals surface area contributed by atoms with Gasteiger partial charge in [0.05, 0.1) is 0 Å². The molecule has 0 aromatic carbocycles. The number of nitrogens with one attached hydrogen (secondary N) is 1. The average molecular weight is 197 g/mol. The van der Waals surface area contributed by atoms with E-state index in [-0.39, 0.29) is 17.6 Å². The van der Waals surface area contributed by atoms with E-state index in [1.165, 1.54) is 6.08 Å². The second-order valence-electron chi connectivity index (χ2n) is 3.37. The van der Waals surface area contributed by atoms with Crippen LogP contribution in [0.2, 0.25) is 0 Å². The summed E-state index contributed by atoms with van der Waals surface area (Å²) in [6.45, 7) is 7.82. The summed E-state index contributed by atoms with van der Waals surface area (Å²) < 4.78 is 0. The molecular formula is C11H19NO2. The lowest BCUT2D eigenvalue weighted by Crippen LogP contribution is -2.23. The number of carbonyl (C=O) groups is 2. The van der Waals surface area contributed by atoms with Crippen LogP contribution in [0.25, 0.3) is 0 Å². The summed E-state index contributed by atoms with van der Waals surface area (Å²) in [5, 5.41) is 2.64. The van der Waals surface area contributed by atoms with Crippen molar-refractivity contribution in [2.75, 3.05) is 6.54 Å². The lowest BCUT2D eigenvalue weighted by atomic mass is 10.00. The Kier molecular flexibility index (Phi) is 6.72. The van der Waals surface area contributed by atoms with Gasteiger partial charge in [0, 0.05) is 18.9 Å². The average Bonchev–Trinajstić information content (AvgIpc) is 2.22. The smallest absolute Gasteiger partial charge is 0.243 e. The number of ketones is 1. The third-order valence-electron chi connectivity index (χ3n) is 2.25. The van der Waals surface area contributed by atoms with E-state index in [1.807, 2.05) is 13.8 Å². The van der Waals surface area contributed by atoms with Crippen molar-refractivity contribution in [2.24, 2.45) is 5.92 Å². The Hall–Kier alpha value is -1.12. The fraction of sp³-hybridized carbons (Fsp3) is 0.636. The zero-order chi connectivity index (χ0) is 11.0. The van der Waals surface area contributed by atoms with E-state index in [2.05, 4.69) is 11.9 Å². The van der Waals surface area contributed by atoms with Crippen molar-refractivity contribution in [3.8, 4) is 0 Å². The van der Waals surface area contributed by atoms with Gasteiger partial charge in [-0.25, -0.2) is 0 Å². The topological polar surface area (TPSA) is 46.2 Å². The van der Waals surface area contributed by atoms with E-state index in [9.17, 15) is 9.59 Å². The van der Waals surface area contributed by atoms with Crippen molar-refractivity contribution in [1.29, 1.82) is 0 Å². The third kappa shape index (κ3) is 5.51. The van der Waals surface area contributed by atoms with Gasteiger partial charge in [0.15, 0.2) is 0 Å². The van der Waals surface area contributed by atoms with Crippen LogP contribution in [0.15, 0.2) is 12.7 Å². The Bertz CT molecular complexity index is 211. The van der Waals surface area contributed by atoms with Gasteiger partial charge in [-0.05, 0) is 18.9 Å². The second kappa shape index (κ2) is 7.30. The van der Waals surface area contributed by atoms with Gasteiger partial charge in [-0.3, -0.25) is 9.59 Å². The van der Waals surface area contributed by atoms with Crippen LogP contribution in [0.1, 0.15) is 33.1 Å². The lowest BCUT2D eigenvalue weighted by Gasteiger charge is -2.06. The number of rotatable bonds is 7. The van der Waals surface area contributed by atoms with Crippen molar-refractivity contribution in [1.82, 2.24) is 5.32 Å². The molecule has 0 rings (SSSR count). The van der Waals surface area contributed by atoms with Crippen LogP contribution in [0.5, 0.6) is 0 Å². The van der Waals surface area contributed by atoms with Crippen LogP contribution in [-0.2, 0) is 9.59 Å². The van der Waals surface area contributed by atoms with Gasteiger partial charge < -0.3 is 5.32 Å². The maximum atomic E-state index is 11.4. The molecule has 0 aromatic rings. The Morgan fingerprint density at radius 2 is 2.14 bits per heavy atom. The normalized spacial score (nSPS) is 11.9. The zero-order valence-corrected chi connectivity index (χ0v) is 9.01. The van der Waals surface area contributed by atoms with E-state index >= 15 is 0 Å². The highest BCUT2D eigenvalue weighted by Crippen LogP contribution is 2.06. The molecule has 3 heteroatoms. The van der Waals surface area contributed by atoms with E-state index < -0.39 is 0 Å². The number of carbonyl (C=O) groups excluding carboxylic acids is 2. The van der Waals surface area contributed by atoms with E-state index in [0.717, 1.165) is 6.42 Å².